The van der Waals surface area contributed by atoms with E-state index in [0.29, 0.717) is 8.79 Å². The third-order valence-corrected chi connectivity index (χ3v) is 4.89. The molecule has 5 nitrogen and oxygen atoms in total. The van der Waals surface area contributed by atoms with E-state index in [2.05, 4.69) is 30.6 Å². The average Bonchev–Trinajstić information content (AvgIpc) is 3.09. The lowest BCUT2D eigenvalue weighted by Crippen LogP contribution is -2.04. The van der Waals surface area contributed by atoms with Gasteiger partial charge < -0.3 is 14.8 Å². The zero-order valence-corrected chi connectivity index (χ0v) is 13.4. The van der Waals surface area contributed by atoms with Gasteiger partial charge in [0, 0.05) is 22.7 Å². The first-order chi connectivity index (χ1) is 10.1. The molecule has 0 saturated carbocycles. The van der Waals surface area contributed by atoms with Crippen LogP contribution in [-0.2, 0) is 4.74 Å². The molecule has 0 fully saturated rings. The van der Waals surface area contributed by atoms with Crippen LogP contribution in [0.5, 0.6) is 0 Å². The fourth-order valence-corrected chi connectivity index (χ4v) is 3.64. The molecule has 0 spiro atoms. The number of aromatic nitrogens is 2. The van der Waals surface area contributed by atoms with Crippen molar-refractivity contribution in [3.8, 4) is 0 Å². The minimum Gasteiger partial charge on any atom is -0.464 e. The van der Waals surface area contributed by atoms with E-state index in [1.165, 1.54) is 18.4 Å². The van der Waals surface area contributed by atoms with Crippen LogP contribution in [0.3, 0.4) is 0 Å². The van der Waals surface area contributed by atoms with Crippen LogP contribution in [0.15, 0.2) is 34.2 Å². The standard InChI is InChI=1S/C14H11BrN2O3S/c1-20-14(19)10-12(15)21-13(17-10)11(18)8-6-16-9-5-3-2-4-7(8)9/h2-6,11,16,18H,1H3. The van der Waals surface area contributed by atoms with Gasteiger partial charge in [0.25, 0.3) is 0 Å². The van der Waals surface area contributed by atoms with E-state index in [-0.39, 0.29) is 5.69 Å². The number of aromatic amines is 1. The number of carbonyl (C=O) groups excluding carboxylic acids is 1. The Bertz CT molecular complexity index is 812. The van der Waals surface area contributed by atoms with Crippen molar-refractivity contribution in [3.63, 3.8) is 0 Å². The Morgan fingerprint density at radius 1 is 1.48 bits per heavy atom. The van der Waals surface area contributed by atoms with Crippen molar-refractivity contribution < 1.29 is 14.6 Å². The molecule has 0 aliphatic rings. The molecular weight excluding hydrogens is 356 g/mol. The van der Waals surface area contributed by atoms with Gasteiger partial charge in [0.2, 0.25) is 0 Å². The van der Waals surface area contributed by atoms with Crippen LogP contribution in [0.1, 0.15) is 27.2 Å². The first-order valence-electron chi connectivity index (χ1n) is 6.10. The van der Waals surface area contributed by atoms with Gasteiger partial charge in [-0.25, -0.2) is 9.78 Å². The molecular formula is C14H11BrN2O3S. The Morgan fingerprint density at radius 3 is 3.00 bits per heavy atom. The van der Waals surface area contributed by atoms with Gasteiger partial charge in [0.15, 0.2) is 5.69 Å². The number of nitrogens with one attached hydrogen (secondary N) is 1. The van der Waals surface area contributed by atoms with Crippen LogP contribution in [0.2, 0.25) is 0 Å². The maximum atomic E-state index is 11.6. The maximum absolute atomic E-state index is 11.6. The Labute approximate surface area is 132 Å². The molecule has 2 N–H and O–H groups in total. The minimum absolute atomic E-state index is 0.177. The third-order valence-electron chi connectivity index (χ3n) is 3.13. The number of rotatable bonds is 3. The smallest absolute Gasteiger partial charge is 0.358 e. The molecule has 21 heavy (non-hydrogen) atoms. The lowest BCUT2D eigenvalue weighted by Gasteiger charge is -2.05. The lowest BCUT2D eigenvalue weighted by atomic mass is 10.1. The van der Waals surface area contributed by atoms with Crippen molar-refractivity contribution in [3.05, 3.63) is 50.5 Å². The van der Waals surface area contributed by atoms with Crippen molar-refractivity contribution in [2.24, 2.45) is 0 Å². The fourth-order valence-electron chi connectivity index (χ4n) is 2.11. The molecule has 3 aromatic rings. The monoisotopic (exact) mass is 366 g/mol. The SMILES string of the molecule is COC(=O)c1nc(C(O)c2c[nH]c3ccccc23)sc1Br. The topological polar surface area (TPSA) is 75.2 Å². The largest absolute Gasteiger partial charge is 0.464 e. The van der Waals surface area contributed by atoms with E-state index in [9.17, 15) is 9.90 Å². The number of para-hydroxylation sites is 1. The summed E-state index contributed by atoms with van der Waals surface area (Å²) in [4.78, 5) is 18.9. The normalized spacial score (nSPS) is 12.5. The molecule has 0 bridgehead atoms. The van der Waals surface area contributed by atoms with Gasteiger partial charge in [-0.2, -0.15) is 0 Å². The molecule has 0 radical (unpaired) electrons. The number of methoxy groups -OCH3 is 1. The number of hydrogen-bond donors (Lipinski definition) is 2. The average molecular weight is 367 g/mol. The second kappa shape index (κ2) is 5.59. The Hall–Kier alpha value is -1.70. The molecule has 0 aliphatic carbocycles. The number of H-pyrrole nitrogens is 1. The molecule has 7 heteroatoms. The van der Waals surface area contributed by atoms with Crippen LogP contribution >= 0.6 is 27.3 Å². The Morgan fingerprint density at radius 2 is 2.24 bits per heavy atom. The molecule has 2 heterocycles. The number of hydrogen-bond acceptors (Lipinski definition) is 5. The van der Waals surface area contributed by atoms with Gasteiger partial charge in [-0.1, -0.05) is 18.2 Å². The summed E-state index contributed by atoms with van der Waals surface area (Å²) in [6, 6.07) is 7.69. The first kappa shape index (κ1) is 14.2. The molecule has 0 aliphatic heterocycles. The van der Waals surface area contributed by atoms with Crippen molar-refractivity contribution in [2.45, 2.75) is 6.10 Å². The van der Waals surface area contributed by atoms with Gasteiger partial charge in [-0.05, 0) is 22.0 Å². The molecule has 2 aromatic heterocycles. The molecule has 1 aromatic carbocycles. The summed E-state index contributed by atoms with van der Waals surface area (Å²) in [6.45, 7) is 0. The zero-order valence-electron chi connectivity index (χ0n) is 11.0. The second-order valence-electron chi connectivity index (χ2n) is 4.36. The summed E-state index contributed by atoms with van der Waals surface area (Å²) in [7, 11) is 1.30. The van der Waals surface area contributed by atoms with Crippen molar-refractivity contribution in [1.82, 2.24) is 9.97 Å². The number of ether oxygens (including phenoxy) is 1. The number of carbonyl (C=O) groups is 1. The fraction of sp³-hybridized carbons (Fsp3) is 0.143. The quantitative estimate of drug-likeness (QED) is 0.697. The van der Waals surface area contributed by atoms with Crippen LogP contribution in [0.4, 0.5) is 0 Å². The highest BCUT2D eigenvalue weighted by atomic mass is 79.9. The maximum Gasteiger partial charge on any atom is 0.358 e. The molecule has 1 atom stereocenters. The van der Waals surface area contributed by atoms with E-state index in [1.807, 2.05) is 24.3 Å². The third kappa shape index (κ3) is 2.48. The van der Waals surface area contributed by atoms with Gasteiger partial charge >= 0.3 is 5.97 Å². The second-order valence-corrected chi connectivity index (χ2v) is 6.71. The van der Waals surface area contributed by atoms with E-state index in [4.69, 9.17) is 0 Å². The van der Waals surface area contributed by atoms with Crippen LogP contribution in [0.25, 0.3) is 10.9 Å². The number of aliphatic hydroxyl groups excluding tert-OH is 1. The predicted molar refractivity (Wildman–Crippen MR) is 83.5 cm³/mol. The summed E-state index contributed by atoms with van der Waals surface area (Å²) in [6.07, 6.45) is 0.850. The predicted octanol–water partition coefficient (Wildman–Crippen LogP) is 3.26. The summed E-state index contributed by atoms with van der Waals surface area (Å²) in [5, 5.41) is 11.9. The summed E-state index contributed by atoms with van der Waals surface area (Å²) < 4.78 is 5.20. The number of halogens is 1. The molecule has 3 rings (SSSR count). The van der Waals surface area contributed by atoms with Gasteiger partial charge in [-0.3, -0.25) is 0 Å². The van der Waals surface area contributed by atoms with E-state index in [1.54, 1.807) is 6.20 Å². The number of esters is 1. The Balaban J connectivity index is 2.02. The number of nitrogens with zero attached hydrogens (tertiary/aromatic N) is 1. The molecule has 1 unspecified atom stereocenters. The molecule has 0 amide bonds. The highest BCUT2D eigenvalue weighted by Gasteiger charge is 2.23. The van der Waals surface area contributed by atoms with E-state index < -0.39 is 12.1 Å². The summed E-state index contributed by atoms with van der Waals surface area (Å²) in [5.74, 6) is -0.532. The van der Waals surface area contributed by atoms with Gasteiger partial charge in [0.05, 0.1) is 7.11 Å². The minimum atomic E-state index is -0.902. The number of benzene rings is 1. The lowest BCUT2D eigenvalue weighted by molar-refractivity contribution is 0.0593. The number of aliphatic hydroxyl groups is 1. The number of thiazole rings is 1. The van der Waals surface area contributed by atoms with Crippen LogP contribution in [-0.4, -0.2) is 28.2 Å². The first-order valence-corrected chi connectivity index (χ1v) is 7.71. The van der Waals surface area contributed by atoms with Crippen LogP contribution in [0, 0.1) is 0 Å². The number of fused-ring (bicyclic) bond motifs is 1. The van der Waals surface area contributed by atoms with Gasteiger partial charge in [0.1, 0.15) is 14.9 Å². The van der Waals surface area contributed by atoms with Crippen molar-refractivity contribution in [2.75, 3.05) is 7.11 Å². The van der Waals surface area contributed by atoms with Gasteiger partial charge in [-0.15, -0.1) is 11.3 Å². The highest BCUT2D eigenvalue weighted by molar-refractivity contribution is 9.11. The summed E-state index contributed by atoms with van der Waals surface area (Å²) >= 11 is 4.49. The van der Waals surface area contributed by atoms with Crippen molar-refractivity contribution >= 4 is 44.1 Å². The van der Waals surface area contributed by atoms with Crippen molar-refractivity contribution in [1.29, 1.82) is 0 Å². The highest BCUT2D eigenvalue weighted by Crippen LogP contribution is 2.34. The zero-order chi connectivity index (χ0) is 15.0. The summed E-state index contributed by atoms with van der Waals surface area (Å²) in [5.41, 5.74) is 1.84. The van der Waals surface area contributed by atoms with E-state index >= 15 is 0 Å². The van der Waals surface area contributed by atoms with Crippen LogP contribution < -0.4 is 0 Å². The Kier molecular flexibility index (Phi) is 3.79. The molecule has 0 saturated heterocycles. The van der Waals surface area contributed by atoms with E-state index in [0.717, 1.165) is 16.5 Å². The molecule has 108 valence electrons.